The molecule has 0 radical (unpaired) electrons. The van der Waals surface area contributed by atoms with Gasteiger partial charge in [-0.15, -0.1) is 0 Å². The lowest BCUT2D eigenvalue weighted by Gasteiger charge is -2.36. The number of benzene rings is 2. The van der Waals surface area contributed by atoms with Gasteiger partial charge in [0.2, 0.25) is 0 Å². The van der Waals surface area contributed by atoms with E-state index in [-0.39, 0.29) is 5.91 Å². The van der Waals surface area contributed by atoms with Gasteiger partial charge in [0.25, 0.3) is 5.91 Å². The molecule has 8 heteroatoms. The van der Waals surface area contributed by atoms with Gasteiger partial charge in [0, 0.05) is 49.1 Å². The molecule has 1 saturated heterocycles. The highest BCUT2D eigenvalue weighted by atomic mass is 35.5. The number of piperazine rings is 1. The average Bonchev–Trinajstić information content (AvgIpc) is 3.23. The molecule has 1 aromatic heterocycles. The summed E-state index contributed by atoms with van der Waals surface area (Å²) in [5.41, 5.74) is 4.47. The van der Waals surface area contributed by atoms with Gasteiger partial charge in [-0.05, 0) is 62.2 Å². The SMILES string of the molecule is Cc1[nH]c(-c2ccc(Cl)cc2)cc1C(=O)NCCCCN1CCN(c2cccc(Cl)c2Cl)CC1. The maximum absolute atomic E-state index is 12.7. The Morgan fingerprint density at radius 1 is 1.00 bits per heavy atom. The largest absolute Gasteiger partial charge is 0.368 e. The van der Waals surface area contributed by atoms with Crippen molar-refractivity contribution in [2.24, 2.45) is 0 Å². The van der Waals surface area contributed by atoms with Crippen LogP contribution in [0.25, 0.3) is 11.3 Å². The van der Waals surface area contributed by atoms with Gasteiger partial charge in [-0.1, -0.05) is 53.0 Å². The molecule has 1 aliphatic heterocycles. The van der Waals surface area contributed by atoms with Crippen molar-refractivity contribution >= 4 is 46.4 Å². The molecule has 1 aliphatic rings. The second-order valence-corrected chi connectivity index (χ2v) is 9.81. The topological polar surface area (TPSA) is 51.4 Å². The Labute approximate surface area is 216 Å². The third-order valence-electron chi connectivity index (χ3n) is 6.25. The molecule has 0 spiro atoms. The molecule has 34 heavy (non-hydrogen) atoms. The number of H-pyrrole nitrogens is 1. The molecule has 0 unspecified atom stereocenters. The highest BCUT2D eigenvalue weighted by Gasteiger charge is 2.19. The summed E-state index contributed by atoms with van der Waals surface area (Å²) in [7, 11) is 0. The number of aromatic amines is 1. The van der Waals surface area contributed by atoms with Crippen molar-refractivity contribution in [1.82, 2.24) is 15.2 Å². The van der Waals surface area contributed by atoms with Crippen molar-refractivity contribution in [3.63, 3.8) is 0 Å². The zero-order valence-electron chi connectivity index (χ0n) is 19.2. The van der Waals surface area contributed by atoms with Gasteiger partial charge in [-0.3, -0.25) is 9.69 Å². The smallest absolute Gasteiger partial charge is 0.253 e. The number of nitrogens with zero attached hydrogens (tertiary/aromatic N) is 2. The highest BCUT2D eigenvalue weighted by molar-refractivity contribution is 6.43. The minimum atomic E-state index is -0.0408. The molecule has 0 atom stereocenters. The standard InChI is InChI=1S/C26H29Cl3N4O/c1-18-21(17-23(31-18)19-7-9-20(27)10-8-19)26(34)30-11-2-3-12-32-13-15-33(16-14-32)24-6-4-5-22(28)25(24)29/h4-10,17,31H,2-3,11-16H2,1H3,(H,30,34). The van der Waals surface area contributed by atoms with E-state index in [0.717, 1.165) is 68.2 Å². The zero-order valence-corrected chi connectivity index (χ0v) is 21.5. The first-order valence-electron chi connectivity index (χ1n) is 11.6. The molecule has 5 nitrogen and oxygen atoms in total. The quantitative estimate of drug-likeness (QED) is 0.344. The van der Waals surface area contributed by atoms with Crippen molar-refractivity contribution in [2.45, 2.75) is 19.8 Å². The second kappa shape index (κ2) is 11.5. The summed E-state index contributed by atoms with van der Waals surface area (Å²) in [4.78, 5) is 20.7. The van der Waals surface area contributed by atoms with Gasteiger partial charge < -0.3 is 15.2 Å². The number of carbonyl (C=O) groups excluding carboxylic acids is 1. The van der Waals surface area contributed by atoms with E-state index in [4.69, 9.17) is 34.8 Å². The summed E-state index contributed by atoms with van der Waals surface area (Å²) in [6.45, 7) is 7.45. The van der Waals surface area contributed by atoms with Gasteiger partial charge >= 0.3 is 0 Å². The molecular formula is C26H29Cl3N4O. The molecular weight excluding hydrogens is 491 g/mol. The third-order valence-corrected chi connectivity index (χ3v) is 7.31. The van der Waals surface area contributed by atoms with E-state index in [0.29, 0.717) is 27.2 Å². The summed E-state index contributed by atoms with van der Waals surface area (Å²) in [6.07, 6.45) is 1.99. The predicted molar refractivity (Wildman–Crippen MR) is 143 cm³/mol. The predicted octanol–water partition coefficient (Wildman–Crippen LogP) is 6.28. The molecule has 3 aromatic rings. The van der Waals surface area contributed by atoms with E-state index in [9.17, 15) is 4.79 Å². The van der Waals surface area contributed by atoms with Crippen LogP contribution in [0.1, 0.15) is 28.9 Å². The molecule has 2 N–H and O–H groups in total. The lowest BCUT2D eigenvalue weighted by atomic mass is 10.1. The van der Waals surface area contributed by atoms with Crippen molar-refractivity contribution in [2.75, 3.05) is 44.2 Å². The summed E-state index contributed by atoms with van der Waals surface area (Å²) in [6, 6.07) is 15.3. The minimum absolute atomic E-state index is 0.0408. The van der Waals surface area contributed by atoms with Crippen molar-refractivity contribution in [3.05, 3.63) is 74.9 Å². The summed E-state index contributed by atoms with van der Waals surface area (Å²) in [5.74, 6) is -0.0408. The fourth-order valence-electron chi connectivity index (χ4n) is 4.29. The first-order chi connectivity index (χ1) is 16.4. The Bertz CT molecular complexity index is 1120. The molecule has 0 aliphatic carbocycles. The number of hydrogen-bond donors (Lipinski definition) is 2. The van der Waals surface area contributed by atoms with Gasteiger partial charge in [-0.25, -0.2) is 0 Å². The van der Waals surface area contributed by atoms with Crippen LogP contribution in [-0.2, 0) is 0 Å². The normalized spacial score (nSPS) is 14.4. The Balaban J connectivity index is 1.17. The van der Waals surface area contributed by atoms with Crippen LogP contribution in [0.4, 0.5) is 5.69 Å². The number of carbonyl (C=O) groups is 1. The van der Waals surface area contributed by atoms with E-state index in [2.05, 4.69) is 20.1 Å². The van der Waals surface area contributed by atoms with Crippen LogP contribution >= 0.6 is 34.8 Å². The monoisotopic (exact) mass is 518 g/mol. The van der Waals surface area contributed by atoms with E-state index in [1.807, 2.05) is 55.5 Å². The number of amides is 1. The van der Waals surface area contributed by atoms with Crippen LogP contribution in [0.3, 0.4) is 0 Å². The van der Waals surface area contributed by atoms with Crippen LogP contribution in [0, 0.1) is 6.92 Å². The van der Waals surface area contributed by atoms with Crippen LogP contribution in [0.5, 0.6) is 0 Å². The number of aromatic nitrogens is 1. The first kappa shape index (κ1) is 24.9. The lowest BCUT2D eigenvalue weighted by Crippen LogP contribution is -2.46. The molecule has 0 saturated carbocycles. The average molecular weight is 520 g/mol. The van der Waals surface area contributed by atoms with Gasteiger partial charge in [-0.2, -0.15) is 0 Å². The summed E-state index contributed by atoms with van der Waals surface area (Å²) in [5, 5.41) is 4.98. The number of nitrogens with one attached hydrogen (secondary N) is 2. The number of aryl methyl sites for hydroxylation is 1. The molecule has 2 heterocycles. The highest BCUT2D eigenvalue weighted by Crippen LogP contribution is 2.32. The molecule has 2 aromatic carbocycles. The van der Waals surface area contributed by atoms with Crippen LogP contribution in [0.15, 0.2) is 48.5 Å². The molecule has 1 fully saturated rings. The van der Waals surface area contributed by atoms with E-state index in [1.165, 1.54) is 0 Å². The maximum atomic E-state index is 12.7. The third kappa shape index (κ3) is 6.08. The second-order valence-electron chi connectivity index (χ2n) is 8.59. The number of halogens is 3. The zero-order chi connectivity index (χ0) is 24.1. The van der Waals surface area contributed by atoms with E-state index in [1.54, 1.807) is 0 Å². The van der Waals surface area contributed by atoms with Crippen molar-refractivity contribution in [3.8, 4) is 11.3 Å². The Kier molecular flexibility index (Phi) is 8.43. The minimum Gasteiger partial charge on any atom is -0.368 e. The van der Waals surface area contributed by atoms with Crippen molar-refractivity contribution in [1.29, 1.82) is 0 Å². The summed E-state index contributed by atoms with van der Waals surface area (Å²) < 4.78 is 0. The molecule has 180 valence electrons. The Morgan fingerprint density at radius 2 is 1.74 bits per heavy atom. The number of anilines is 1. The van der Waals surface area contributed by atoms with E-state index < -0.39 is 0 Å². The Morgan fingerprint density at radius 3 is 2.47 bits per heavy atom. The fraction of sp³-hybridized carbons (Fsp3) is 0.346. The molecule has 0 bridgehead atoms. The van der Waals surface area contributed by atoms with Gasteiger partial charge in [0.1, 0.15) is 0 Å². The maximum Gasteiger partial charge on any atom is 0.253 e. The van der Waals surface area contributed by atoms with E-state index >= 15 is 0 Å². The first-order valence-corrected chi connectivity index (χ1v) is 12.7. The molecule has 4 rings (SSSR count). The summed E-state index contributed by atoms with van der Waals surface area (Å²) >= 11 is 18.5. The van der Waals surface area contributed by atoms with Crippen molar-refractivity contribution < 1.29 is 4.79 Å². The van der Waals surface area contributed by atoms with Gasteiger partial charge in [0.15, 0.2) is 0 Å². The lowest BCUT2D eigenvalue weighted by molar-refractivity contribution is 0.0952. The van der Waals surface area contributed by atoms with Crippen LogP contribution < -0.4 is 10.2 Å². The number of rotatable bonds is 8. The molecule has 1 amide bonds. The Hall–Kier alpha value is -2.18. The van der Waals surface area contributed by atoms with Gasteiger partial charge in [0.05, 0.1) is 21.3 Å². The number of hydrogen-bond acceptors (Lipinski definition) is 3. The fourth-order valence-corrected chi connectivity index (χ4v) is 4.83. The van der Waals surface area contributed by atoms with Crippen LogP contribution in [-0.4, -0.2) is 55.1 Å². The number of unbranched alkanes of at least 4 members (excludes halogenated alkanes) is 1. The van der Waals surface area contributed by atoms with Crippen LogP contribution in [0.2, 0.25) is 15.1 Å².